The van der Waals surface area contributed by atoms with Crippen LogP contribution >= 0.6 is 0 Å². The molecule has 2 amide bonds. The largest absolute Gasteiger partial charge is 0.496 e. The van der Waals surface area contributed by atoms with Crippen molar-refractivity contribution in [3.05, 3.63) is 102 Å². The number of methoxy groups -OCH3 is 1. The van der Waals surface area contributed by atoms with Gasteiger partial charge in [-0.2, -0.15) is 0 Å². The molecular formula is C35H44N4O4. The van der Waals surface area contributed by atoms with Crippen LogP contribution in [0, 0.1) is 5.92 Å². The summed E-state index contributed by atoms with van der Waals surface area (Å²) in [5.74, 6) is 0.946. The van der Waals surface area contributed by atoms with E-state index in [0.717, 1.165) is 75.4 Å². The second kappa shape index (κ2) is 15.5. The quantitative estimate of drug-likeness (QED) is 0.356. The van der Waals surface area contributed by atoms with Gasteiger partial charge in [0.2, 0.25) is 5.91 Å². The number of likely N-dealkylation sites (tertiary alicyclic amines) is 1. The molecule has 8 nitrogen and oxygen atoms in total. The summed E-state index contributed by atoms with van der Waals surface area (Å²) in [5.41, 5.74) is 3.40. The van der Waals surface area contributed by atoms with Gasteiger partial charge in [-0.15, -0.1) is 0 Å². The molecule has 0 radical (unpaired) electrons. The van der Waals surface area contributed by atoms with E-state index < -0.39 is 12.1 Å². The normalized spacial score (nSPS) is 17.3. The van der Waals surface area contributed by atoms with E-state index in [-0.39, 0.29) is 18.4 Å². The summed E-state index contributed by atoms with van der Waals surface area (Å²) >= 11 is 0. The Bertz CT molecular complexity index is 1290. The van der Waals surface area contributed by atoms with Crippen LogP contribution in [0.3, 0.4) is 0 Å². The second-order valence-corrected chi connectivity index (χ2v) is 11.5. The van der Waals surface area contributed by atoms with Crippen molar-refractivity contribution in [3.63, 3.8) is 0 Å². The minimum absolute atomic E-state index is 0.00339. The molecular weight excluding hydrogens is 540 g/mol. The molecule has 2 aliphatic heterocycles. The van der Waals surface area contributed by atoms with Crippen LogP contribution in [-0.4, -0.2) is 85.7 Å². The number of para-hydroxylation sites is 1. The Kier molecular flexibility index (Phi) is 11.1. The zero-order chi connectivity index (χ0) is 29.9. The third kappa shape index (κ3) is 8.81. The van der Waals surface area contributed by atoms with Crippen LogP contribution < -0.4 is 10.1 Å². The predicted octanol–water partition coefficient (Wildman–Crippen LogP) is 4.59. The van der Waals surface area contributed by atoms with Crippen LogP contribution in [-0.2, 0) is 29.1 Å². The van der Waals surface area contributed by atoms with E-state index in [1.807, 2.05) is 59.5 Å². The zero-order valence-corrected chi connectivity index (χ0v) is 25.2. The Morgan fingerprint density at radius 2 is 1.42 bits per heavy atom. The van der Waals surface area contributed by atoms with E-state index >= 15 is 0 Å². The summed E-state index contributed by atoms with van der Waals surface area (Å²) in [6, 6.07) is 27.6. The standard InChI is InChI=1S/C35H44N4O4/c1-42-32-15-9-8-14-31(32)26-38-22-24-39(25-23-38)34(40)33(36-35(41)43-27-29-12-6-3-7-13-29)30-17-20-37(21-18-30)19-16-28-10-4-2-5-11-28/h2-15,30,33H,16-27H2,1H3,(H,36,41)/t33-/m1/s1. The number of carbonyl (C=O) groups excluding carboxylic acids is 2. The average Bonchev–Trinajstić information content (AvgIpc) is 3.07. The van der Waals surface area contributed by atoms with Gasteiger partial charge in [0.15, 0.2) is 0 Å². The topological polar surface area (TPSA) is 74.3 Å². The highest BCUT2D eigenvalue weighted by atomic mass is 16.5. The lowest BCUT2D eigenvalue weighted by molar-refractivity contribution is -0.137. The van der Waals surface area contributed by atoms with E-state index in [4.69, 9.17) is 9.47 Å². The maximum absolute atomic E-state index is 14.0. The van der Waals surface area contributed by atoms with Crippen LogP contribution in [0.5, 0.6) is 5.75 Å². The van der Waals surface area contributed by atoms with Crippen molar-refractivity contribution in [1.82, 2.24) is 20.0 Å². The van der Waals surface area contributed by atoms with Gasteiger partial charge in [-0.05, 0) is 55.5 Å². The van der Waals surface area contributed by atoms with E-state index in [9.17, 15) is 9.59 Å². The number of hydrogen-bond donors (Lipinski definition) is 1. The van der Waals surface area contributed by atoms with E-state index in [0.29, 0.717) is 13.1 Å². The first-order valence-electron chi connectivity index (χ1n) is 15.5. The fourth-order valence-corrected chi connectivity index (χ4v) is 6.11. The fraction of sp³-hybridized carbons (Fsp3) is 0.429. The Morgan fingerprint density at radius 1 is 0.791 bits per heavy atom. The summed E-state index contributed by atoms with van der Waals surface area (Å²) in [7, 11) is 1.70. The van der Waals surface area contributed by atoms with Crippen LogP contribution in [0.2, 0.25) is 0 Å². The number of nitrogens with one attached hydrogen (secondary N) is 1. The van der Waals surface area contributed by atoms with Gasteiger partial charge in [-0.25, -0.2) is 4.79 Å². The number of rotatable bonds is 11. The van der Waals surface area contributed by atoms with Gasteiger partial charge in [0.25, 0.3) is 0 Å². The molecule has 0 aromatic heterocycles. The van der Waals surface area contributed by atoms with Crippen molar-refractivity contribution in [1.29, 1.82) is 0 Å². The van der Waals surface area contributed by atoms with Crippen molar-refractivity contribution in [2.75, 3.05) is 52.9 Å². The predicted molar refractivity (Wildman–Crippen MR) is 168 cm³/mol. The van der Waals surface area contributed by atoms with Gasteiger partial charge < -0.3 is 24.6 Å². The number of hydrogen-bond acceptors (Lipinski definition) is 6. The highest BCUT2D eigenvalue weighted by Gasteiger charge is 2.36. The third-order valence-electron chi connectivity index (χ3n) is 8.69. The Labute approximate surface area is 255 Å². The van der Waals surface area contributed by atoms with Crippen molar-refractivity contribution >= 4 is 12.0 Å². The highest BCUT2D eigenvalue weighted by molar-refractivity contribution is 5.86. The van der Waals surface area contributed by atoms with Crippen LogP contribution in [0.15, 0.2) is 84.9 Å². The number of alkyl carbamates (subject to hydrolysis) is 1. The number of ether oxygens (including phenoxy) is 2. The molecule has 3 aromatic carbocycles. The van der Waals surface area contributed by atoms with Gasteiger partial charge in [0.1, 0.15) is 18.4 Å². The minimum atomic E-state index is -0.597. The average molecular weight is 585 g/mol. The molecule has 5 rings (SSSR count). The molecule has 228 valence electrons. The molecule has 2 saturated heterocycles. The Hall–Kier alpha value is -3.88. The first-order valence-corrected chi connectivity index (χ1v) is 15.5. The number of amides is 2. The summed E-state index contributed by atoms with van der Waals surface area (Å²) in [6.07, 6.45) is 2.19. The number of piperidine rings is 1. The minimum Gasteiger partial charge on any atom is -0.496 e. The Morgan fingerprint density at radius 3 is 2.09 bits per heavy atom. The summed E-state index contributed by atoms with van der Waals surface area (Å²) < 4.78 is 11.1. The molecule has 1 atom stereocenters. The first-order chi connectivity index (χ1) is 21.1. The van der Waals surface area contributed by atoms with Gasteiger partial charge in [-0.1, -0.05) is 78.9 Å². The van der Waals surface area contributed by atoms with Crippen LogP contribution in [0.4, 0.5) is 4.79 Å². The molecule has 0 aliphatic carbocycles. The number of nitrogens with zero attached hydrogens (tertiary/aromatic N) is 3. The second-order valence-electron chi connectivity index (χ2n) is 11.5. The number of benzene rings is 3. The molecule has 43 heavy (non-hydrogen) atoms. The van der Waals surface area contributed by atoms with Gasteiger partial charge in [0.05, 0.1) is 7.11 Å². The maximum Gasteiger partial charge on any atom is 0.408 e. The Balaban J connectivity index is 1.18. The summed E-state index contributed by atoms with van der Waals surface area (Å²) in [4.78, 5) is 33.7. The van der Waals surface area contributed by atoms with Crippen LogP contribution in [0.1, 0.15) is 29.5 Å². The smallest absolute Gasteiger partial charge is 0.408 e. The SMILES string of the molecule is COc1ccccc1CN1CCN(C(=O)[C@H](NC(=O)OCc2ccccc2)C2CCN(CCc3ccccc3)CC2)CC1. The van der Waals surface area contributed by atoms with Crippen molar-refractivity contribution in [2.24, 2.45) is 5.92 Å². The lowest BCUT2D eigenvalue weighted by Gasteiger charge is -2.40. The molecule has 0 saturated carbocycles. The van der Waals surface area contributed by atoms with Crippen molar-refractivity contribution in [3.8, 4) is 5.75 Å². The third-order valence-corrected chi connectivity index (χ3v) is 8.69. The molecule has 8 heteroatoms. The molecule has 1 N–H and O–H groups in total. The van der Waals surface area contributed by atoms with E-state index in [1.54, 1.807) is 7.11 Å². The molecule has 0 spiro atoms. The van der Waals surface area contributed by atoms with Gasteiger partial charge in [0, 0.05) is 44.8 Å². The lowest BCUT2D eigenvalue weighted by atomic mass is 9.88. The van der Waals surface area contributed by atoms with Crippen molar-refractivity contribution < 1.29 is 19.1 Å². The number of carbonyl (C=O) groups is 2. The zero-order valence-electron chi connectivity index (χ0n) is 25.2. The van der Waals surface area contributed by atoms with E-state index in [2.05, 4.69) is 45.4 Å². The lowest BCUT2D eigenvalue weighted by Crippen LogP contribution is -2.58. The highest BCUT2D eigenvalue weighted by Crippen LogP contribution is 2.24. The molecule has 2 heterocycles. The van der Waals surface area contributed by atoms with Gasteiger partial charge in [-0.3, -0.25) is 9.69 Å². The monoisotopic (exact) mass is 584 g/mol. The van der Waals surface area contributed by atoms with Crippen LogP contribution in [0.25, 0.3) is 0 Å². The molecule has 0 unspecified atom stereocenters. The molecule has 2 aliphatic rings. The molecule has 2 fully saturated rings. The molecule has 3 aromatic rings. The van der Waals surface area contributed by atoms with E-state index in [1.165, 1.54) is 5.56 Å². The molecule has 0 bridgehead atoms. The van der Waals surface area contributed by atoms with Gasteiger partial charge >= 0.3 is 6.09 Å². The summed E-state index contributed by atoms with van der Waals surface area (Å²) in [5, 5.41) is 2.99. The fourth-order valence-electron chi connectivity index (χ4n) is 6.11. The maximum atomic E-state index is 14.0. The summed E-state index contributed by atoms with van der Waals surface area (Å²) in [6.45, 7) is 6.57. The first kappa shape index (κ1) is 30.6. The number of piperazine rings is 1. The van der Waals surface area contributed by atoms with Crippen molar-refractivity contribution in [2.45, 2.75) is 38.5 Å².